The van der Waals surface area contributed by atoms with E-state index in [2.05, 4.69) is 30.7 Å². The molecule has 0 saturated heterocycles. The Morgan fingerprint density at radius 1 is 1.47 bits per heavy atom. The first-order valence-electron chi connectivity index (χ1n) is 5.52. The molecular weight excluding hydrogens is 272 g/mol. The fraction of sp³-hybridized carbons (Fsp3) is 0.444. The van der Waals surface area contributed by atoms with Crippen molar-refractivity contribution in [1.82, 2.24) is 30.7 Å². The van der Waals surface area contributed by atoms with Gasteiger partial charge in [0.25, 0.3) is 10.0 Å². The van der Waals surface area contributed by atoms with Gasteiger partial charge >= 0.3 is 0 Å². The topological polar surface area (TPSA) is 126 Å². The number of tetrazole rings is 1. The zero-order valence-corrected chi connectivity index (χ0v) is 11.2. The Morgan fingerprint density at radius 2 is 2.26 bits per heavy atom. The lowest BCUT2D eigenvalue weighted by atomic mass is 10.3. The third-order valence-electron chi connectivity index (χ3n) is 2.50. The first-order valence-corrected chi connectivity index (χ1v) is 7.00. The molecule has 1 unspecified atom stereocenters. The molecule has 0 aliphatic heterocycles. The summed E-state index contributed by atoms with van der Waals surface area (Å²) in [7, 11) is -2.22. The third kappa shape index (κ3) is 3.16. The van der Waals surface area contributed by atoms with Crippen LogP contribution < -0.4 is 10.0 Å². The number of hydrogen-bond acceptors (Lipinski definition) is 7. The molecule has 19 heavy (non-hydrogen) atoms. The van der Waals surface area contributed by atoms with Gasteiger partial charge in [0.15, 0.2) is 5.82 Å². The Morgan fingerprint density at radius 3 is 2.89 bits per heavy atom. The minimum atomic E-state index is -3.54. The standard InChI is InChI=1S/C9H14N6O3S/c1-6(9-12-14-15-13-9)11-5-7-3-4-8(18-7)19(16,17)10-2/h3-4,6,10-11H,5H2,1-2H3,(H,12,13,14,15). The van der Waals surface area contributed by atoms with Gasteiger partial charge in [-0.15, -0.1) is 10.2 Å². The van der Waals surface area contributed by atoms with E-state index in [1.165, 1.54) is 13.1 Å². The van der Waals surface area contributed by atoms with E-state index >= 15 is 0 Å². The van der Waals surface area contributed by atoms with Crippen LogP contribution in [0.1, 0.15) is 24.6 Å². The molecule has 0 aliphatic carbocycles. The van der Waals surface area contributed by atoms with E-state index in [0.717, 1.165) is 0 Å². The van der Waals surface area contributed by atoms with Crippen molar-refractivity contribution < 1.29 is 12.8 Å². The van der Waals surface area contributed by atoms with Crippen LogP contribution in [-0.4, -0.2) is 36.1 Å². The molecule has 9 nitrogen and oxygen atoms in total. The lowest BCUT2D eigenvalue weighted by Gasteiger charge is -2.07. The van der Waals surface area contributed by atoms with Gasteiger partial charge in [0, 0.05) is 0 Å². The average molecular weight is 286 g/mol. The first kappa shape index (κ1) is 13.6. The fourth-order valence-corrected chi connectivity index (χ4v) is 2.06. The van der Waals surface area contributed by atoms with Crippen molar-refractivity contribution in [3.8, 4) is 0 Å². The molecular formula is C9H14N6O3S. The smallest absolute Gasteiger partial charge is 0.273 e. The zero-order valence-electron chi connectivity index (χ0n) is 10.4. The molecule has 0 aliphatic rings. The van der Waals surface area contributed by atoms with Gasteiger partial charge in [0.05, 0.1) is 12.6 Å². The molecule has 0 spiro atoms. The van der Waals surface area contributed by atoms with Gasteiger partial charge in [0.1, 0.15) is 5.76 Å². The highest BCUT2D eigenvalue weighted by molar-refractivity contribution is 7.89. The fourth-order valence-electron chi connectivity index (χ4n) is 1.40. The van der Waals surface area contributed by atoms with Gasteiger partial charge in [-0.1, -0.05) is 5.21 Å². The van der Waals surface area contributed by atoms with Crippen molar-refractivity contribution >= 4 is 10.0 Å². The van der Waals surface area contributed by atoms with Gasteiger partial charge in [0.2, 0.25) is 5.09 Å². The molecule has 3 N–H and O–H groups in total. The summed E-state index contributed by atoms with van der Waals surface area (Å²) in [5.41, 5.74) is 0. The summed E-state index contributed by atoms with van der Waals surface area (Å²) in [5.74, 6) is 1.03. The summed E-state index contributed by atoms with van der Waals surface area (Å²) in [6, 6.07) is 2.87. The van der Waals surface area contributed by atoms with Gasteiger partial charge in [-0.2, -0.15) is 5.21 Å². The number of aromatic nitrogens is 4. The number of nitrogens with zero attached hydrogens (tertiary/aromatic N) is 3. The van der Waals surface area contributed by atoms with E-state index in [4.69, 9.17) is 4.42 Å². The van der Waals surface area contributed by atoms with Crippen LogP contribution in [0.15, 0.2) is 21.6 Å². The van der Waals surface area contributed by atoms with E-state index < -0.39 is 10.0 Å². The molecule has 2 aromatic rings. The Kier molecular flexibility index (Phi) is 3.93. The molecule has 0 bridgehead atoms. The largest absolute Gasteiger partial charge is 0.447 e. The molecule has 10 heteroatoms. The second kappa shape index (κ2) is 5.47. The molecule has 0 aromatic carbocycles. The number of hydrogen-bond donors (Lipinski definition) is 3. The molecule has 0 radical (unpaired) electrons. The van der Waals surface area contributed by atoms with Crippen molar-refractivity contribution in [1.29, 1.82) is 0 Å². The van der Waals surface area contributed by atoms with Crippen LogP contribution in [-0.2, 0) is 16.6 Å². The average Bonchev–Trinajstić information content (AvgIpc) is 3.07. The van der Waals surface area contributed by atoms with Crippen molar-refractivity contribution in [2.75, 3.05) is 7.05 Å². The highest BCUT2D eigenvalue weighted by atomic mass is 32.2. The molecule has 1 atom stereocenters. The summed E-state index contributed by atoms with van der Waals surface area (Å²) in [4.78, 5) is 0. The maximum Gasteiger partial charge on any atom is 0.273 e. The number of sulfonamides is 1. The highest BCUT2D eigenvalue weighted by Gasteiger charge is 2.17. The second-order valence-electron chi connectivity index (χ2n) is 3.80. The van der Waals surface area contributed by atoms with Gasteiger partial charge in [-0.25, -0.2) is 13.1 Å². The predicted octanol–water partition coefficient (Wildman–Crippen LogP) is -0.448. The number of aromatic amines is 1. The van der Waals surface area contributed by atoms with Crippen LogP contribution in [0.5, 0.6) is 0 Å². The van der Waals surface area contributed by atoms with Crippen LogP contribution in [0.3, 0.4) is 0 Å². The molecule has 0 amide bonds. The molecule has 0 saturated carbocycles. The SMILES string of the molecule is CNS(=O)(=O)c1ccc(CNC(C)c2nn[nH]n2)o1. The minimum Gasteiger partial charge on any atom is -0.447 e. The molecule has 2 aromatic heterocycles. The number of rotatable bonds is 6. The van der Waals surface area contributed by atoms with Crippen LogP contribution in [0.4, 0.5) is 0 Å². The molecule has 2 rings (SSSR count). The Hall–Kier alpha value is -1.78. The summed E-state index contributed by atoms with van der Waals surface area (Å²) < 4.78 is 30.4. The number of nitrogens with one attached hydrogen (secondary N) is 3. The molecule has 2 heterocycles. The van der Waals surface area contributed by atoms with Crippen molar-refractivity contribution in [2.24, 2.45) is 0 Å². The highest BCUT2D eigenvalue weighted by Crippen LogP contribution is 2.14. The lowest BCUT2D eigenvalue weighted by Crippen LogP contribution is -2.19. The van der Waals surface area contributed by atoms with Crippen LogP contribution in [0, 0.1) is 0 Å². The van der Waals surface area contributed by atoms with Gasteiger partial charge < -0.3 is 9.73 Å². The van der Waals surface area contributed by atoms with E-state index in [0.29, 0.717) is 18.1 Å². The van der Waals surface area contributed by atoms with Crippen molar-refractivity contribution in [2.45, 2.75) is 24.6 Å². The maximum absolute atomic E-state index is 11.5. The lowest BCUT2D eigenvalue weighted by molar-refractivity contribution is 0.390. The third-order valence-corrected chi connectivity index (χ3v) is 3.79. The minimum absolute atomic E-state index is 0.112. The Balaban J connectivity index is 1.98. The number of H-pyrrole nitrogens is 1. The van der Waals surface area contributed by atoms with E-state index in [1.807, 2.05) is 6.92 Å². The van der Waals surface area contributed by atoms with Crippen LogP contribution in [0.2, 0.25) is 0 Å². The molecule has 0 fully saturated rings. The summed E-state index contributed by atoms with van der Waals surface area (Å²) in [6.07, 6.45) is 0. The summed E-state index contributed by atoms with van der Waals surface area (Å²) in [6.45, 7) is 2.22. The Bertz CT molecular complexity index is 620. The van der Waals surface area contributed by atoms with Gasteiger partial charge in [-0.3, -0.25) is 0 Å². The van der Waals surface area contributed by atoms with Crippen LogP contribution >= 0.6 is 0 Å². The van der Waals surface area contributed by atoms with Crippen LogP contribution in [0.25, 0.3) is 0 Å². The molecule has 104 valence electrons. The maximum atomic E-state index is 11.5. The normalized spacial score (nSPS) is 13.6. The predicted molar refractivity (Wildman–Crippen MR) is 64.4 cm³/mol. The first-order chi connectivity index (χ1) is 9.03. The Labute approximate surface area is 109 Å². The van der Waals surface area contributed by atoms with Gasteiger partial charge in [-0.05, 0) is 26.1 Å². The van der Waals surface area contributed by atoms with Crippen molar-refractivity contribution in [3.63, 3.8) is 0 Å². The number of furan rings is 1. The van der Waals surface area contributed by atoms with Crippen molar-refractivity contribution in [3.05, 3.63) is 23.7 Å². The van der Waals surface area contributed by atoms with E-state index in [9.17, 15) is 8.42 Å². The second-order valence-corrected chi connectivity index (χ2v) is 5.62. The van der Waals surface area contributed by atoms with E-state index in [1.54, 1.807) is 6.07 Å². The monoisotopic (exact) mass is 286 g/mol. The summed E-state index contributed by atoms with van der Waals surface area (Å²) in [5, 5.41) is 16.5. The zero-order chi connectivity index (χ0) is 13.9. The summed E-state index contributed by atoms with van der Waals surface area (Å²) >= 11 is 0. The van der Waals surface area contributed by atoms with E-state index in [-0.39, 0.29) is 11.1 Å². The quantitative estimate of drug-likeness (QED) is 0.656.